The molecule has 1 unspecified atom stereocenters. The molecular formula is C12H16N2O3. The zero-order chi connectivity index (χ0) is 12.2. The van der Waals surface area contributed by atoms with Gasteiger partial charge < -0.3 is 0 Å². The van der Waals surface area contributed by atoms with Crippen molar-refractivity contribution in [2.75, 3.05) is 0 Å². The Kier molecular flexibility index (Phi) is 2.09. The number of rotatable bonds is 2. The summed E-state index contributed by atoms with van der Waals surface area (Å²) < 4.78 is 0. The highest BCUT2D eigenvalue weighted by Crippen LogP contribution is 2.50. The van der Waals surface area contributed by atoms with E-state index in [9.17, 15) is 14.4 Å². The topological polar surface area (TPSA) is 66.5 Å². The molecule has 1 atom stereocenters. The van der Waals surface area contributed by atoms with Gasteiger partial charge in [-0.3, -0.25) is 19.8 Å². The van der Waals surface area contributed by atoms with Gasteiger partial charge in [-0.05, 0) is 38.5 Å². The number of hydrogen-bond acceptors (Lipinski definition) is 3. The van der Waals surface area contributed by atoms with E-state index >= 15 is 0 Å². The summed E-state index contributed by atoms with van der Waals surface area (Å²) in [5.41, 5.74) is -0.897. The highest BCUT2D eigenvalue weighted by Gasteiger charge is 2.63. The minimum Gasteiger partial charge on any atom is -0.277 e. The summed E-state index contributed by atoms with van der Waals surface area (Å²) in [6, 6.07) is -0.612. The second kappa shape index (κ2) is 3.31. The first-order chi connectivity index (χ1) is 8.06. The average molecular weight is 236 g/mol. The summed E-state index contributed by atoms with van der Waals surface area (Å²) in [4.78, 5) is 37.0. The van der Waals surface area contributed by atoms with Crippen molar-refractivity contribution in [2.24, 2.45) is 11.3 Å². The molecular weight excluding hydrogens is 220 g/mol. The second-order valence-electron chi connectivity index (χ2n) is 5.45. The number of hydrogen-bond donors (Lipinski definition) is 1. The number of imide groups is 2. The fourth-order valence-corrected chi connectivity index (χ4v) is 2.77. The van der Waals surface area contributed by atoms with Crippen LogP contribution in [0.5, 0.6) is 0 Å². The van der Waals surface area contributed by atoms with Gasteiger partial charge >= 0.3 is 6.03 Å². The van der Waals surface area contributed by atoms with Gasteiger partial charge in [-0.15, -0.1) is 0 Å². The molecule has 1 aliphatic heterocycles. The fraction of sp³-hybridized carbons (Fsp3) is 0.750. The summed E-state index contributed by atoms with van der Waals surface area (Å²) in [5, 5.41) is 2.32. The van der Waals surface area contributed by atoms with Crippen LogP contribution < -0.4 is 5.32 Å². The van der Waals surface area contributed by atoms with Crippen molar-refractivity contribution in [1.82, 2.24) is 10.2 Å². The molecule has 1 saturated heterocycles. The molecule has 3 fully saturated rings. The summed E-state index contributed by atoms with van der Waals surface area (Å²) >= 11 is 0. The van der Waals surface area contributed by atoms with E-state index in [1.54, 1.807) is 0 Å². The van der Waals surface area contributed by atoms with Gasteiger partial charge in [0.1, 0.15) is 5.41 Å². The number of carbonyl (C=O) groups is 3. The van der Waals surface area contributed by atoms with Gasteiger partial charge in [0.05, 0.1) is 0 Å². The quantitative estimate of drug-likeness (QED) is 0.728. The summed E-state index contributed by atoms with van der Waals surface area (Å²) in [6.07, 6.45) is 4.47. The molecule has 5 nitrogen and oxygen atoms in total. The molecule has 3 rings (SSSR count). The summed E-state index contributed by atoms with van der Waals surface area (Å²) in [6.45, 7) is 1.91. The Hall–Kier alpha value is -1.39. The van der Waals surface area contributed by atoms with Gasteiger partial charge in [-0.2, -0.15) is 0 Å². The van der Waals surface area contributed by atoms with Crippen LogP contribution in [-0.4, -0.2) is 28.8 Å². The third kappa shape index (κ3) is 1.34. The van der Waals surface area contributed by atoms with E-state index < -0.39 is 17.4 Å². The van der Waals surface area contributed by atoms with E-state index in [0.717, 1.165) is 12.8 Å². The van der Waals surface area contributed by atoms with Gasteiger partial charge in [0.25, 0.3) is 0 Å². The first-order valence-electron chi connectivity index (χ1n) is 6.25. The van der Waals surface area contributed by atoms with Crippen molar-refractivity contribution in [2.45, 2.75) is 45.1 Å². The molecule has 1 heterocycles. The zero-order valence-corrected chi connectivity index (χ0v) is 9.86. The molecule has 2 saturated carbocycles. The SMILES string of the molecule is CC(C1CCC1)N1C(=O)NC(=O)C2(CC2)C1=O. The number of nitrogens with one attached hydrogen (secondary N) is 1. The highest BCUT2D eigenvalue weighted by molar-refractivity contribution is 6.21. The lowest BCUT2D eigenvalue weighted by Gasteiger charge is -2.41. The van der Waals surface area contributed by atoms with E-state index in [-0.39, 0.29) is 11.9 Å². The van der Waals surface area contributed by atoms with Crippen molar-refractivity contribution in [3.8, 4) is 0 Å². The molecule has 0 aromatic rings. The van der Waals surface area contributed by atoms with Crippen molar-refractivity contribution in [3.05, 3.63) is 0 Å². The van der Waals surface area contributed by atoms with Gasteiger partial charge in [-0.1, -0.05) is 6.42 Å². The Balaban J connectivity index is 1.85. The Morgan fingerprint density at radius 2 is 1.94 bits per heavy atom. The Labute approximate surface area is 99.5 Å². The predicted octanol–water partition coefficient (Wildman–Crippen LogP) is 1.03. The van der Waals surface area contributed by atoms with Crippen molar-refractivity contribution >= 4 is 17.8 Å². The van der Waals surface area contributed by atoms with Crippen LogP contribution in [0, 0.1) is 11.3 Å². The van der Waals surface area contributed by atoms with E-state index in [4.69, 9.17) is 0 Å². The van der Waals surface area contributed by atoms with E-state index in [0.29, 0.717) is 18.8 Å². The highest BCUT2D eigenvalue weighted by atomic mass is 16.2. The van der Waals surface area contributed by atoms with Crippen molar-refractivity contribution in [3.63, 3.8) is 0 Å². The van der Waals surface area contributed by atoms with Crippen LogP contribution in [-0.2, 0) is 9.59 Å². The first kappa shape index (κ1) is 10.7. The van der Waals surface area contributed by atoms with Crippen LogP contribution >= 0.6 is 0 Å². The second-order valence-corrected chi connectivity index (χ2v) is 5.45. The van der Waals surface area contributed by atoms with Crippen LogP contribution in [0.2, 0.25) is 0 Å². The first-order valence-corrected chi connectivity index (χ1v) is 6.25. The number of urea groups is 1. The molecule has 17 heavy (non-hydrogen) atoms. The van der Waals surface area contributed by atoms with Gasteiger partial charge in [-0.25, -0.2) is 4.79 Å². The van der Waals surface area contributed by atoms with E-state index in [2.05, 4.69) is 5.32 Å². The molecule has 0 radical (unpaired) electrons. The maximum Gasteiger partial charge on any atom is 0.331 e. The van der Waals surface area contributed by atoms with Gasteiger partial charge in [0.2, 0.25) is 11.8 Å². The van der Waals surface area contributed by atoms with Crippen molar-refractivity contribution in [1.29, 1.82) is 0 Å². The number of carbonyl (C=O) groups excluding carboxylic acids is 3. The minimum atomic E-state index is -0.897. The lowest BCUT2D eigenvalue weighted by Crippen LogP contribution is -2.63. The molecule has 4 amide bonds. The lowest BCUT2D eigenvalue weighted by molar-refractivity contribution is -0.147. The van der Waals surface area contributed by atoms with E-state index in [1.807, 2.05) is 6.92 Å². The molecule has 5 heteroatoms. The van der Waals surface area contributed by atoms with Gasteiger partial charge in [0.15, 0.2) is 0 Å². The largest absolute Gasteiger partial charge is 0.331 e. The average Bonchev–Trinajstić information content (AvgIpc) is 2.93. The van der Waals surface area contributed by atoms with Gasteiger partial charge in [0, 0.05) is 6.04 Å². The summed E-state index contributed by atoms with van der Waals surface area (Å²) in [7, 11) is 0. The molecule has 0 aromatic heterocycles. The molecule has 1 N–H and O–H groups in total. The maximum absolute atomic E-state index is 12.3. The third-order valence-electron chi connectivity index (χ3n) is 4.49. The molecule has 3 aliphatic rings. The number of nitrogens with zero attached hydrogens (tertiary/aromatic N) is 1. The van der Waals surface area contributed by atoms with E-state index in [1.165, 1.54) is 11.3 Å². The minimum absolute atomic E-state index is 0.0816. The normalized spacial score (nSPS) is 29.0. The zero-order valence-electron chi connectivity index (χ0n) is 9.86. The molecule has 92 valence electrons. The van der Waals surface area contributed by atoms with Crippen LogP contribution in [0.25, 0.3) is 0 Å². The molecule has 0 bridgehead atoms. The predicted molar refractivity (Wildman–Crippen MR) is 58.9 cm³/mol. The summed E-state index contributed by atoms with van der Waals surface area (Å²) in [5.74, 6) is -0.260. The molecule has 2 aliphatic carbocycles. The fourth-order valence-electron chi connectivity index (χ4n) is 2.77. The van der Waals surface area contributed by atoms with Crippen LogP contribution in [0.15, 0.2) is 0 Å². The number of barbiturate groups is 1. The number of amides is 4. The Morgan fingerprint density at radius 3 is 2.41 bits per heavy atom. The standard InChI is InChI=1S/C12H16N2O3/c1-7(8-3-2-4-8)14-10(16)12(5-6-12)9(15)13-11(14)17/h7-8H,2-6H2,1H3,(H,13,15,17). The van der Waals surface area contributed by atoms with Crippen LogP contribution in [0.4, 0.5) is 4.79 Å². The van der Waals surface area contributed by atoms with Crippen LogP contribution in [0.3, 0.4) is 0 Å². The molecule has 1 spiro atoms. The monoisotopic (exact) mass is 236 g/mol. The van der Waals surface area contributed by atoms with Crippen molar-refractivity contribution < 1.29 is 14.4 Å². The molecule has 0 aromatic carbocycles. The third-order valence-corrected chi connectivity index (χ3v) is 4.49. The maximum atomic E-state index is 12.3. The van der Waals surface area contributed by atoms with Crippen LogP contribution in [0.1, 0.15) is 39.0 Å². The smallest absolute Gasteiger partial charge is 0.277 e. The Morgan fingerprint density at radius 1 is 1.29 bits per heavy atom. The lowest BCUT2D eigenvalue weighted by atomic mass is 9.79. The Bertz CT molecular complexity index is 410.